The third-order valence-corrected chi connectivity index (χ3v) is 4.21. The lowest BCUT2D eigenvalue weighted by molar-refractivity contribution is -0.137. The van der Waals surface area contributed by atoms with Gasteiger partial charge in [-0.25, -0.2) is 0 Å². The van der Waals surface area contributed by atoms with Crippen LogP contribution in [0, 0.1) is 12.8 Å². The maximum Gasteiger partial charge on any atom is 0.323 e. The second-order valence-electron chi connectivity index (χ2n) is 5.73. The molecule has 0 fully saturated rings. The van der Waals surface area contributed by atoms with Gasteiger partial charge in [0.15, 0.2) is 0 Å². The van der Waals surface area contributed by atoms with E-state index >= 15 is 0 Å². The predicted molar refractivity (Wildman–Crippen MR) is 98.7 cm³/mol. The van der Waals surface area contributed by atoms with E-state index in [2.05, 4.69) is 12.6 Å². The molecule has 1 atom stereocenters. The average Bonchev–Trinajstić information content (AvgIpc) is 2.57. The standard InChI is InChI=1S/C19H21NO3S/c1-14-6-5-9-17(10-14)20(12-18(21)22)19(23)16(13-24)11-15-7-3-2-4-8-15/h2-10,16,24H,11-13H2,1H3,(H,21,22). The molecule has 0 radical (unpaired) electrons. The first kappa shape index (κ1) is 18.1. The highest BCUT2D eigenvalue weighted by atomic mass is 32.1. The van der Waals surface area contributed by atoms with Crippen LogP contribution in [0.3, 0.4) is 0 Å². The number of rotatable bonds is 7. The number of carboxylic acids is 1. The van der Waals surface area contributed by atoms with Crippen molar-refractivity contribution in [1.29, 1.82) is 0 Å². The number of carbonyl (C=O) groups excluding carboxylic acids is 1. The highest BCUT2D eigenvalue weighted by molar-refractivity contribution is 7.80. The van der Waals surface area contributed by atoms with Crippen LogP contribution in [0.2, 0.25) is 0 Å². The van der Waals surface area contributed by atoms with E-state index in [1.807, 2.05) is 55.5 Å². The molecule has 2 rings (SSSR count). The Labute approximate surface area is 147 Å². The minimum atomic E-state index is -1.04. The zero-order valence-electron chi connectivity index (χ0n) is 13.6. The van der Waals surface area contributed by atoms with Crippen molar-refractivity contribution in [3.63, 3.8) is 0 Å². The molecule has 0 aliphatic carbocycles. The molecule has 24 heavy (non-hydrogen) atoms. The van der Waals surface area contributed by atoms with Crippen molar-refractivity contribution in [2.45, 2.75) is 13.3 Å². The van der Waals surface area contributed by atoms with Crippen LogP contribution < -0.4 is 4.90 Å². The molecular formula is C19H21NO3S. The van der Waals surface area contributed by atoms with Crippen LogP contribution in [-0.4, -0.2) is 29.3 Å². The van der Waals surface area contributed by atoms with Gasteiger partial charge in [-0.05, 0) is 36.6 Å². The van der Waals surface area contributed by atoms with Crippen molar-refractivity contribution >= 4 is 30.2 Å². The quantitative estimate of drug-likeness (QED) is 0.759. The number of carboxylic acid groups (broad SMARTS) is 1. The van der Waals surface area contributed by atoms with Crippen molar-refractivity contribution in [1.82, 2.24) is 0 Å². The first-order valence-electron chi connectivity index (χ1n) is 7.76. The molecule has 0 spiro atoms. The van der Waals surface area contributed by atoms with E-state index in [1.54, 1.807) is 6.07 Å². The van der Waals surface area contributed by atoms with Gasteiger partial charge in [0.25, 0.3) is 0 Å². The highest BCUT2D eigenvalue weighted by Crippen LogP contribution is 2.21. The summed E-state index contributed by atoms with van der Waals surface area (Å²) in [5, 5.41) is 9.19. The van der Waals surface area contributed by atoms with Crippen LogP contribution in [0.4, 0.5) is 5.69 Å². The van der Waals surface area contributed by atoms with E-state index in [0.717, 1.165) is 11.1 Å². The number of hydrogen-bond acceptors (Lipinski definition) is 3. The van der Waals surface area contributed by atoms with Crippen LogP contribution in [-0.2, 0) is 16.0 Å². The Kier molecular flexibility index (Phi) is 6.44. The van der Waals surface area contributed by atoms with Gasteiger partial charge < -0.3 is 10.0 Å². The number of anilines is 1. The monoisotopic (exact) mass is 343 g/mol. The van der Waals surface area contributed by atoms with E-state index in [4.69, 9.17) is 0 Å². The maximum absolute atomic E-state index is 12.9. The van der Waals surface area contributed by atoms with Crippen LogP contribution in [0.5, 0.6) is 0 Å². The molecule has 0 bridgehead atoms. The molecule has 0 heterocycles. The average molecular weight is 343 g/mol. The number of aryl methyl sites for hydroxylation is 1. The Balaban J connectivity index is 2.26. The van der Waals surface area contributed by atoms with Crippen molar-refractivity contribution in [3.05, 3.63) is 65.7 Å². The van der Waals surface area contributed by atoms with Gasteiger partial charge in [0.1, 0.15) is 6.54 Å². The zero-order valence-corrected chi connectivity index (χ0v) is 14.4. The zero-order chi connectivity index (χ0) is 17.5. The van der Waals surface area contributed by atoms with E-state index in [9.17, 15) is 14.7 Å². The Morgan fingerprint density at radius 1 is 1.12 bits per heavy atom. The number of hydrogen-bond donors (Lipinski definition) is 2. The molecule has 0 saturated carbocycles. The molecule has 0 aliphatic rings. The molecule has 5 heteroatoms. The third-order valence-electron chi connectivity index (χ3n) is 3.77. The number of thiol groups is 1. The number of amides is 1. The van der Waals surface area contributed by atoms with Gasteiger partial charge in [0, 0.05) is 11.4 Å². The van der Waals surface area contributed by atoms with Crippen molar-refractivity contribution in [2.75, 3.05) is 17.2 Å². The lowest BCUT2D eigenvalue weighted by Gasteiger charge is -2.26. The number of carbonyl (C=O) groups is 2. The highest BCUT2D eigenvalue weighted by Gasteiger charge is 2.26. The van der Waals surface area contributed by atoms with Gasteiger partial charge >= 0.3 is 5.97 Å². The predicted octanol–water partition coefficient (Wildman–Crippen LogP) is 3.20. The van der Waals surface area contributed by atoms with E-state index in [1.165, 1.54) is 4.90 Å². The van der Waals surface area contributed by atoms with Gasteiger partial charge in [0.2, 0.25) is 5.91 Å². The Morgan fingerprint density at radius 2 is 1.83 bits per heavy atom. The molecule has 1 N–H and O–H groups in total. The molecule has 0 aromatic heterocycles. The topological polar surface area (TPSA) is 57.6 Å². The third kappa shape index (κ3) is 4.86. The fraction of sp³-hybridized carbons (Fsp3) is 0.263. The summed E-state index contributed by atoms with van der Waals surface area (Å²) in [4.78, 5) is 25.5. The summed E-state index contributed by atoms with van der Waals surface area (Å²) in [6, 6.07) is 17.0. The van der Waals surface area contributed by atoms with Gasteiger partial charge in [-0.2, -0.15) is 12.6 Å². The second-order valence-corrected chi connectivity index (χ2v) is 6.09. The lowest BCUT2D eigenvalue weighted by Crippen LogP contribution is -2.41. The molecule has 0 aliphatic heterocycles. The van der Waals surface area contributed by atoms with Crippen molar-refractivity contribution in [2.24, 2.45) is 5.92 Å². The molecule has 2 aromatic rings. The van der Waals surface area contributed by atoms with Crippen LogP contribution >= 0.6 is 12.6 Å². The summed E-state index contributed by atoms with van der Waals surface area (Å²) in [5.74, 6) is -1.28. The van der Waals surface area contributed by atoms with Crippen molar-refractivity contribution < 1.29 is 14.7 Å². The summed E-state index contributed by atoms with van der Waals surface area (Å²) < 4.78 is 0. The van der Waals surface area contributed by atoms with E-state index in [0.29, 0.717) is 17.9 Å². The molecule has 126 valence electrons. The molecule has 4 nitrogen and oxygen atoms in total. The molecule has 1 amide bonds. The van der Waals surface area contributed by atoms with Crippen molar-refractivity contribution in [3.8, 4) is 0 Å². The van der Waals surface area contributed by atoms with Gasteiger partial charge in [-0.3, -0.25) is 9.59 Å². The Bertz CT molecular complexity index is 703. The van der Waals surface area contributed by atoms with Gasteiger partial charge in [0.05, 0.1) is 5.92 Å². The number of nitrogens with zero attached hydrogens (tertiary/aromatic N) is 1. The molecule has 0 saturated heterocycles. The maximum atomic E-state index is 12.9. The van der Waals surface area contributed by atoms with Crippen LogP contribution in [0.1, 0.15) is 11.1 Å². The number of aliphatic carboxylic acids is 1. The number of benzene rings is 2. The summed E-state index contributed by atoms with van der Waals surface area (Å²) in [5.41, 5.74) is 2.60. The van der Waals surface area contributed by atoms with Gasteiger partial charge in [-0.15, -0.1) is 0 Å². The smallest absolute Gasteiger partial charge is 0.323 e. The normalized spacial score (nSPS) is 11.8. The summed E-state index contributed by atoms with van der Waals surface area (Å²) in [7, 11) is 0. The van der Waals surface area contributed by atoms with E-state index < -0.39 is 5.97 Å². The first-order valence-corrected chi connectivity index (χ1v) is 8.39. The summed E-state index contributed by atoms with van der Waals surface area (Å²) in [6.07, 6.45) is 0.533. The van der Waals surface area contributed by atoms with E-state index in [-0.39, 0.29) is 18.4 Å². The molecule has 1 unspecified atom stereocenters. The Hall–Kier alpha value is -2.27. The molecular weight excluding hydrogens is 322 g/mol. The largest absolute Gasteiger partial charge is 0.480 e. The summed E-state index contributed by atoms with van der Waals surface area (Å²) >= 11 is 4.31. The van der Waals surface area contributed by atoms with Crippen LogP contribution in [0.15, 0.2) is 54.6 Å². The molecule has 2 aromatic carbocycles. The lowest BCUT2D eigenvalue weighted by atomic mass is 9.99. The SMILES string of the molecule is Cc1cccc(N(CC(=O)O)C(=O)C(CS)Cc2ccccc2)c1. The van der Waals surface area contributed by atoms with Gasteiger partial charge in [-0.1, -0.05) is 42.5 Å². The minimum Gasteiger partial charge on any atom is -0.480 e. The van der Waals surface area contributed by atoms with Crippen LogP contribution in [0.25, 0.3) is 0 Å². The Morgan fingerprint density at radius 3 is 2.42 bits per heavy atom. The fourth-order valence-corrected chi connectivity index (χ4v) is 2.86. The summed E-state index contributed by atoms with van der Waals surface area (Å²) in [6.45, 7) is 1.55. The minimum absolute atomic E-state index is 0.221. The second kappa shape index (κ2) is 8.55. The fourth-order valence-electron chi connectivity index (χ4n) is 2.58. The first-order chi connectivity index (χ1) is 11.5.